The van der Waals surface area contributed by atoms with Crippen LogP contribution in [0, 0.1) is 0 Å². The average molecular weight is 591 g/mol. The van der Waals surface area contributed by atoms with Crippen molar-refractivity contribution in [2.45, 2.75) is 38.9 Å². The first-order valence-electron chi connectivity index (χ1n) is 15.1. The smallest absolute Gasteiger partial charge is 0.456 e. The molecule has 4 heterocycles. The van der Waals surface area contributed by atoms with Gasteiger partial charge in [0.1, 0.15) is 22.3 Å². The number of hydrogen-bond acceptors (Lipinski definition) is 5. The van der Waals surface area contributed by atoms with Crippen LogP contribution >= 0.6 is 11.3 Å². The minimum Gasteiger partial charge on any atom is -0.456 e. The van der Waals surface area contributed by atoms with Gasteiger partial charge in [-0.25, -0.2) is 0 Å². The van der Waals surface area contributed by atoms with Gasteiger partial charge in [-0.3, -0.25) is 0 Å². The Morgan fingerprint density at radius 1 is 0.545 bits per heavy atom. The van der Waals surface area contributed by atoms with Crippen molar-refractivity contribution < 1.29 is 18.1 Å². The SMILES string of the molecule is CC1(C)OB(c2ccc3oc4ccc5sc6cc7c(-c8cccc9ccccc89)cccc7c7oc2c3c4c5c67)OC1(C)C. The molecular weight excluding hydrogens is 563 g/mol. The van der Waals surface area contributed by atoms with Gasteiger partial charge >= 0.3 is 7.12 Å². The zero-order valence-corrected chi connectivity index (χ0v) is 25.6. The Labute approximate surface area is 257 Å². The van der Waals surface area contributed by atoms with E-state index in [0.29, 0.717) is 0 Å². The Balaban J connectivity index is 1.38. The molecule has 0 spiro atoms. The molecule has 1 fully saturated rings. The molecule has 10 rings (SSSR count). The van der Waals surface area contributed by atoms with Crippen LogP contribution in [0.2, 0.25) is 0 Å². The molecule has 0 atom stereocenters. The van der Waals surface area contributed by atoms with Crippen LogP contribution in [-0.4, -0.2) is 18.3 Å². The molecule has 3 aromatic heterocycles. The number of thiophene rings is 1. The summed E-state index contributed by atoms with van der Waals surface area (Å²) in [7, 11) is -0.574. The lowest BCUT2D eigenvalue weighted by Gasteiger charge is -2.32. The van der Waals surface area contributed by atoms with Gasteiger partial charge in [0.2, 0.25) is 0 Å². The molecular formula is C38H27BO4S. The molecule has 4 nitrogen and oxygen atoms in total. The van der Waals surface area contributed by atoms with Crippen molar-refractivity contribution >= 4 is 98.7 Å². The zero-order chi connectivity index (χ0) is 29.5. The Kier molecular flexibility index (Phi) is 4.67. The maximum atomic E-state index is 7.23. The highest BCUT2D eigenvalue weighted by atomic mass is 32.1. The van der Waals surface area contributed by atoms with Crippen LogP contribution in [0.25, 0.3) is 85.9 Å². The van der Waals surface area contributed by atoms with Crippen molar-refractivity contribution in [2.24, 2.45) is 0 Å². The molecule has 0 radical (unpaired) electrons. The predicted molar refractivity (Wildman–Crippen MR) is 184 cm³/mol. The number of benzene rings is 6. The maximum absolute atomic E-state index is 7.23. The largest absolute Gasteiger partial charge is 0.498 e. The molecule has 9 aromatic rings. The van der Waals surface area contributed by atoms with Crippen LogP contribution in [0.5, 0.6) is 0 Å². The third-order valence-electron chi connectivity index (χ3n) is 10.1. The molecule has 6 aromatic carbocycles. The van der Waals surface area contributed by atoms with Gasteiger partial charge < -0.3 is 18.1 Å². The van der Waals surface area contributed by atoms with Crippen molar-refractivity contribution in [3.8, 4) is 11.1 Å². The second kappa shape index (κ2) is 8.22. The summed E-state index contributed by atoms with van der Waals surface area (Å²) in [4.78, 5) is 0. The van der Waals surface area contributed by atoms with Gasteiger partial charge in [0.25, 0.3) is 0 Å². The average Bonchev–Trinajstić information content (AvgIpc) is 3.59. The van der Waals surface area contributed by atoms with E-state index in [2.05, 4.69) is 107 Å². The summed E-state index contributed by atoms with van der Waals surface area (Å²) in [6.45, 7) is 8.34. The third kappa shape index (κ3) is 3.10. The fourth-order valence-electron chi connectivity index (χ4n) is 7.22. The second-order valence-electron chi connectivity index (χ2n) is 13.1. The van der Waals surface area contributed by atoms with Gasteiger partial charge in [-0.15, -0.1) is 11.3 Å². The summed E-state index contributed by atoms with van der Waals surface area (Å²) in [6, 6.07) is 32.4. The first-order valence-corrected chi connectivity index (χ1v) is 15.9. The van der Waals surface area contributed by atoms with Crippen LogP contribution in [0.3, 0.4) is 0 Å². The predicted octanol–water partition coefficient (Wildman–Crippen LogP) is 10.4. The second-order valence-corrected chi connectivity index (χ2v) is 14.2. The molecule has 0 N–H and O–H groups in total. The van der Waals surface area contributed by atoms with E-state index in [0.717, 1.165) is 49.3 Å². The van der Waals surface area contributed by atoms with Crippen molar-refractivity contribution in [1.29, 1.82) is 0 Å². The molecule has 1 aliphatic heterocycles. The fraction of sp³-hybridized carbons (Fsp3) is 0.158. The lowest BCUT2D eigenvalue weighted by Crippen LogP contribution is -2.41. The maximum Gasteiger partial charge on any atom is 0.498 e. The van der Waals surface area contributed by atoms with E-state index in [1.165, 1.54) is 42.1 Å². The summed E-state index contributed by atoms with van der Waals surface area (Å²) < 4.78 is 29.2. The highest BCUT2D eigenvalue weighted by molar-refractivity contribution is 7.26. The Hall–Kier alpha value is -4.36. The van der Waals surface area contributed by atoms with E-state index >= 15 is 0 Å². The van der Waals surface area contributed by atoms with Crippen LogP contribution < -0.4 is 5.46 Å². The molecule has 6 heteroatoms. The monoisotopic (exact) mass is 590 g/mol. The summed E-state index contributed by atoms with van der Waals surface area (Å²) >= 11 is 1.81. The first kappa shape index (κ1) is 25.0. The zero-order valence-electron chi connectivity index (χ0n) is 24.8. The van der Waals surface area contributed by atoms with E-state index in [9.17, 15) is 0 Å². The molecule has 0 amide bonds. The minimum absolute atomic E-state index is 0.478. The highest BCUT2D eigenvalue weighted by Gasteiger charge is 2.52. The highest BCUT2D eigenvalue weighted by Crippen LogP contribution is 2.50. The standard InChI is InChI=1S/C38H27BO4S/c1-37(2)38(3,4)43-39(42-37)26-15-16-28-32-31-27(40-28)17-18-29-33(31)34-30(44-29)19-25-23(13-8-14-24(25)35(34)41-36(26)32)22-12-7-10-20-9-5-6-11-21(20)22/h5-19H,1-4H3. The number of furan rings is 1. The first-order chi connectivity index (χ1) is 21.3. The summed E-state index contributed by atoms with van der Waals surface area (Å²) in [5.41, 5.74) is 5.61. The van der Waals surface area contributed by atoms with E-state index in [-0.39, 0.29) is 0 Å². The lowest BCUT2D eigenvalue weighted by atomic mass is 9.78. The quantitative estimate of drug-likeness (QED) is 0.188. The van der Waals surface area contributed by atoms with Gasteiger partial charge in [0.05, 0.1) is 16.6 Å². The molecule has 212 valence electrons. The van der Waals surface area contributed by atoms with Crippen LogP contribution in [-0.2, 0) is 9.31 Å². The molecule has 1 saturated heterocycles. The molecule has 44 heavy (non-hydrogen) atoms. The molecule has 1 aliphatic rings. The summed E-state index contributed by atoms with van der Waals surface area (Å²) in [6.07, 6.45) is 0. The molecule has 0 unspecified atom stereocenters. The van der Waals surface area contributed by atoms with Gasteiger partial charge in [-0.05, 0) is 79.2 Å². The number of rotatable bonds is 2. The molecule has 0 aliphatic carbocycles. The van der Waals surface area contributed by atoms with Crippen LogP contribution in [0.1, 0.15) is 27.7 Å². The van der Waals surface area contributed by atoms with Gasteiger partial charge in [0.15, 0.2) is 0 Å². The van der Waals surface area contributed by atoms with Crippen LogP contribution in [0.15, 0.2) is 99.8 Å². The summed E-state index contributed by atoms with van der Waals surface area (Å²) in [5, 5.41) is 9.13. The van der Waals surface area contributed by atoms with Gasteiger partial charge in [0, 0.05) is 36.4 Å². The fourth-order valence-corrected chi connectivity index (χ4v) is 8.38. The van der Waals surface area contributed by atoms with E-state index in [4.69, 9.17) is 18.1 Å². The van der Waals surface area contributed by atoms with Crippen LogP contribution in [0.4, 0.5) is 0 Å². The van der Waals surface area contributed by atoms with E-state index < -0.39 is 18.3 Å². The topological polar surface area (TPSA) is 44.7 Å². The van der Waals surface area contributed by atoms with Crippen molar-refractivity contribution in [3.63, 3.8) is 0 Å². The molecule has 0 saturated carbocycles. The Bertz CT molecular complexity index is 2610. The van der Waals surface area contributed by atoms with Crippen molar-refractivity contribution in [1.82, 2.24) is 0 Å². The number of hydrogen-bond donors (Lipinski definition) is 0. The van der Waals surface area contributed by atoms with E-state index in [1.54, 1.807) is 0 Å². The number of fused-ring (bicyclic) bond motifs is 3. The van der Waals surface area contributed by atoms with E-state index in [1.807, 2.05) is 23.5 Å². The normalized spacial score (nSPS) is 16.8. The van der Waals surface area contributed by atoms with Crippen molar-refractivity contribution in [2.75, 3.05) is 0 Å². The minimum atomic E-state index is -0.574. The molecule has 0 bridgehead atoms. The Morgan fingerprint density at radius 3 is 2.07 bits per heavy atom. The Morgan fingerprint density at radius 2 is 1.23 bits per heavy atom. The van der Waals surface area contributed by atoms with Gasteiger partial charge in [-0.2, -0.15) is 0 Å². The van der Waals surface area contributed by atoms with Crippen molar-refractivity contribution in [3.05, 3.63) is 91.0 Å². The van der Waals surface area contributed by atoms with Gasteiger partial charge in [-0.1, -0.05) is 66.7 Å². The third-order valence-corrected chi connectivity index (χ3v) is 11.2. The summed E-state index contributed by atoms with van der Waals surface area (Å²) in [5.74, 6) is 0. The lowest BCUT2D eigenvalue weighted by molar-refractivity contribution is 0.00578.